The van der Waals surface area contributed by atoms with Gasteiger partial charge in [-0.25, -0.2) is 0 Å². The second-order valence-electron chi connectivity index (χ2n) is 6.97. The topological polar surface area (TPSA) is 66.2 Å². The van der Waals surface area contributed by atoms with Crippen LogP contribution < -0.4 is 4.74 Å². The first-order chi connectivity index (χ1) is 12.2. The predicted molar refractivity (Wildman–Crippen MR) is 94.5 cm³/mol. The molecule has 0 amide bonds. The fourth-order valence-corrected chi connectivity index (χ4v) is 4.39. The molecule has 0 N–H and O–H groups in total. The maximum Gasteiger partial charge on any atom is 0.136 e. The van der Waals surface area contributed by atoms with E-state index in [9.17, 15) is 10.1 Å². The van der Waals surface area contributed by atoms with E-state index in [-0.39, 0.29) is 0 Å². The second-order valence-corrected chi connectivity index (χ2v) is 6.97. The number of carbonyl (C=O) groups excluding carboxylic acids is 1. The van der Waals surface area contributed by atoms with Gasteiger partial charge in [0.25, 0.3) is 0 Å². The van der Waals surface area contributed by atoms with Gasteiger partial charge in [0.15, 0.2) is 0 Å². The highest BCUT2D eigenvalue weighted by Gasteiger charge is 2.39. The Hall–Kier alpha value is -2.45. The SMILES string of the molecule is COc1ccc2ncc(C#N)c(CCN3C4CCC3CC(=O)C4)c2c1. The van der Waals surface area contributed by atoms with Crippen molar-refractivity contribution in [3.63, 3.8) is 0 Å². The molecule has 2 unspecified atom stereocenters. The van der Waals surface area contributed by atoms with E-state index in [1.165, 1.54) is 0 Å². The van der Waals surface area contributed by atoms with Gasteiger partial charge in [-0.2, -0.15) is 5.26 Å². The third-order valence-electron chi connectivity index (χ3n) is 5.62. The predicted octanol–water partition coefficient (Wildman–Crippen LogP) is 2.85. The smallest absolute Gasteiger partial charge is 0.136 e. The molecule has 5 heteroatoms. The largest absolute Gasteiger partial charge is 0.497 e. The molecule has 5 nitrogen and oxygen atoms in total. The van der Waals surface area contributed by atoms with Crippen molar-refractivity contribution < 1.29 is 9.53 Å². The number of carbonyl (C=O) groups is 1. The maximum atomic E-state index is 11.8. The summed E-state index contributed by atoms with van der Waals surface area (Å²) in [5.41, 5.74) is 2.54. The number of methoxy groups -OCH3 is 1. The first-order valence-electron chi connectivity index (χ1n) is 8.82. The number of aromatic nitrogens is 1. The normalized spacial score (nSPS) is 23.0. The van der Waals surface area contributed by atoms with Crippen LogP contribution in [0.3, 0.4) is 0 Å². The Morgan fingerprint density at radius 1 is 1.32 bits per heavy atom. The van der Waals surface area contributed by atoms with Crippen molar-refractivity contribution >= 4 is 16.7 Å². The van der Waals surface area contributed by atoms with Gasteiger partial charge in [-0.15, -0.1) is 0 Å². The summed E-state index contributed by atoms with van der Waals surface area (Å²) in [5, 5.41) is 10.5. The minimum absolute atomic E-state index is 0.388. The van der Waals surface area contributed by atoms with Crippen LogP contribution in [0.2, 0.25) is 0 Å². The number of piperidine rings is 1. The first-order valence-corrected chi connectivity index (χ1v) is 8.82. The van der Waals surface area contributed by atoms with Gasteiger partial charge in [0, 0.05) is 43.1 Å². The zero-order chi connectivity index (χ0) is 17.4. The maximum absolute atomic E-state index is 11.8. The standard InChI is InChI=1S/C20H21N3O2/c1-25-17-4-5-20-19(10-17)18(13(11-21)12-22-20)6-7-23-14-2-3-15(23)9-16(24)8-14/h4-5,10,12,14-15H,2-3,6-9H2,1H3. The monoisotopic (exact) mass is 335 g/mol. The van der Waals surface area contributed by atoms with Crippen molar-refractivity contribution in [2.45, 2.75) is 44.2 Å². The van der Waals surface area contributed by atoms with Crippen molar-refractivity contribution in [2.75, 3.05) is 13.7 Å². The summed E-state index contributed by atoms with van der Waals surface area (Å²) < 4.78 is 5.34. The first kappa shape index (κ1) is 16.0. The third-order valence-corrected chi connectivity index (χ3v) is 5.62. The van der Waals surface area contributed by atoms with Crippen LogP contribution in [-0.4, -0.2) is 41.4 Å². The highest BCUT2D eigenvalue weighted by molar-refractivity contribution is 5.85. The Balaban J connectivity index is 1.64. The van der Waals surface area contributed by atoms with Gasteiger partial charge in [0.2, 0.25) is 0 Å². The van der Waals surface area contributed by atoms with E-state index in [0.717, 1.165) is 48.0 Å². The lowest BCUT2D eigenvalue weighted by atomic mass is 9.98. The molecule has 0 aliphatic carbocycles. The highest BCUT2D eigenvalue weighted by atomic mass is 16.5. The van der Waals surface area contributed by atoms with Crippen molar-refractivity contribution in [2.24, 2.45) is 0 Å². The van der Waals surface area contributed by atoms with Gasteiger partial charge < -0.3 is 4.74 Å². The molecule has 2 atom stereocenters. The summed E-state index contributed by atoms with van der Waals surface area (Å²) in [5.74, 6) is 1.18. The number of nitrogens with zero attached hydrogens (tertiary/aromatic N) is 3. The summed E-state index contributed by atoms with van der Waals surface area (Å²) in [6, 6.07) is 8.85. The van der Waals surface area contributed by atoms with Crippen LogP contribution in [0.5, 0.6) is 5.75 Å². The van der Waals surface area contributed by atoms with Gasteiger partial charge in [-0.3, -0.25) is 14.7 Å². The average Bonchev–Trinajstić information content (AvgIpc) is 2.88. The van der Waals surface area contributed by atoms with E-state index in [1.807, 2.05) is 18.2 Å². The van der Waals surface area contributed by atoms with Crippen LogP contribution in [0.25, 0.3) is 10.9 Å². The van der Waals surface area contributed by atoms with E-state index >= 15 is 0 Å². The van der Waals surface area contributed by atoms with E-state index in [4.69, 9.17) is 4.74 Å². The zero-order valence-corrected chi connectivity index (χ0v) is 14.4. The van der Waals surface area contributed by atoms with Gasteiger partial charge >= 0.3 is 0 Å². The average molecular weight is 335 g/mol. The number of nitriles is 1. The number of hydrogen-bond acceptors (Lipinski definition) is 5. The van der Waals surface area contributed by atoms with Crippen molar-refractivity contribution in [1.82, 2.24) is 9.88 Å². The number of ketones is 1. The van der Waals surface area contributed by atoms with E-state index < -0.39 is 0 Å². The Morgan fingerprint density at radius 3 is 2.76 bits per heavy atom. The molecular formula is C20H21N3O2. The Kier molecular flexibility index (Phi) is 4.14. The minimum atomic E-state index is 0.388. The van der Waals surface area contributed by atoms with Crippen LogP contribution >= 0.6 is 0 Å². The molecule has 2 bridgehead atoms. The van der Waals surface area contributed by atoms with Crippen molar-refractivity contribution in [3.05, 3.63) is 35.5 Å². The molecule has 2 saturated heterocycles. The molecule has 4 rings (SSSR count). The fraction of sp³-hybridized carbons (Fsp3) is 0.450. The van der Waals surface area contributed by atoms with E-state index in [1.54, 1.807) is 13.3 Å². The number of hydrogen-bond donors (Lipinski definition) is 0. The summed E-state index contributed by atoms with van der Waals surface area (Å²) in [6.07, 6.45) is 6.06. The van der Waals surface area contributed by atoms with Gasteiger partial charge in [0.1, 0.15) is 17.6 Å². The number of rotatable bonds is 4. The Bertz CT molecular complexity index is 855. The number of pyridine rings is 1. The highest BCUT2D eigenvalue weighted by Crippen LogP contribution is 2.34. The second kappa shape index (κ2) is 6.45. The zero-order valence-electron chi connectivity index (χ0n) is 14.4. The Morgan fingerprint density at radius 2 is 2.08 bits per heavy atom. The van der Waals surface area contributed by atoms with Gasteiger partial charge in [-0.1, -0.05) is 0 Å². The quantitative estimate of drug-likeness (QED) is 0.859. The van der Waals surface area contributed by atoms with E-state index in [0.29, 0.717) is 36.3 Å². The van der Waals surface area contributed by atoms with Gasteiger partial charge in [-0.05, 0) is 43.0 Å². The molecular weight excluding hydrogens is 314 g/mol. The molecule has 25 heavy (non-hydrogen) atoms. The molecule has 0 radical (unpaired) electrons. The molecule has 0 saturated carbocycles. The molecule has 2 aliphatic rings. The fourth-order valence-electron chi connectivity index (χ4n) is 4.39. The molecule has 0 spiro atoms. The molecule has 1 aromatic carbocycles. The number of benzene rings is 1. The van der Waals surface area contributed by atoms with Crippen LogP contribution in [0.4, 0.5) is 0 Å². The summed E-state index contributed by atoms with van der Waals surface area (Å²) in [4.78, 5) is 18.7. The lowest BCUT2D eigenvalue weighted by Gasteiger charge is -2.34. The summed E-state index contributed by atoms with van der Waals surface area (Å²) in [6.45, 7) is 0.883. The Labute approximate surface area is 147 Å². The summed E-state index contributed by atoms with van der Waals surface area (Å²) >= 11 is 0. The lowest BCUT2D eigenvalue weighted by molar-refractivity contribution is -0.123. The molecule has 2 fully saturated rings. The molecule has 128 valence electrons. The summed E-state index contributed by atoms with van der Waals surface area (Å²) in [7, 11) is 1.64. The van der Waals surface area contributed by atoms with Crippen LogP contribution in [-0.2, 0) is 11.2 Å². The molecule has 3 heterocycles. The number of fused-ring (bicyclic) bond motifs is 3. The van der Waals surface area contributed by atoms with Gasteiger partial charge in [0.05, 0.1) is 18.2 Å². The van der Waals surface area contributed by atoms with Crippen molar-refractivity contribution in [3.8, 4) is 11.8 Å². The molecule has 1 aromatic heterocycles. The van der Waals surface area contributed by atoms with Crippen LogP contribution in [0.15, 0.2) is 24.4 Å². The van der Waals surface area contributed by atoms with Crippen molar-refractivity contribution in [1.29, 1.82) is 5.26 Å². The number of Topliss-reactive ketones (excluding diaryl/α,β-unsaturated/α-hetero) is 1. The minimum Gasteiger partial charge on any atom is -0.497 e. The third kappa shape index (κ3) is 2.87. The molecule has 2 aromatic rings. The van der Waals surface area contributed by atoms with E-state index in [2.05, 4.69) is 16.0 Å². The lowest BCUT2D eigenvalue weighted by Crippen LogP contribution is -2.44. The van der Waals surface area contributed by atoms with Crippen LogP contribution in [0, 0.1) is 11.3 Å². The molecule has 2 aliphatic heterocycles. The number of ether oxygens (including phenoxy) is 1. The van der Waals surface area contributed by atoms with Crippen LogP contribution in [0.1, 0.15) is 36.8 Å².